The molecule has 5 nitrogen and oxygen atoms in total. The van der Waals surface area contributed by atoms with Gasteiger partial charge in [0.05, 0.1) is 23.0 Å². The van der Waals surface area contributed by atoms with Gasteiger partial charge in [-0.2, -0.15) is 0 Å². The number of aryl methyl sites for hydroxylation is 3. The molecule has 0 aliphatic heterocycles. The average molecular weight is 347 g/mol. The fourth-order valence-corrected chi connectivity index (χ4v) is 3.69. The number of hydrogen-bond donors (Lipinski definition) is 1. The molecule has 3 aromatic rings. The molecule has 1 aliphatic carbocycles. The van der Waals surface area contributed by atoms with Gasteiger partial charge in [-0.3, -0.25) is 4.79 Å². The topological polar surface area (TPSA) is 68.0 Å². The lowest BCUT2D eigenvalue weighted by molar-refractivity contribution is 0.0928. The van der Waals surface area contributed by atoms with Crippen molar-refractivity contribution in [3.05, 3.63) is 70.7 Å². The number of amides is 1. The second-order valence-electron chi connectivity index (χ2n) is 6.72. The van der Waals surface area contributed by atoms with Gasteiger partial charge >= 0.3 is 0 Å². The van der Waals surface area contributed by atoms with Gasteiger partial charge in [0, 0.05) is 0 Å². The molecule has 1 aromatic carbocycles. The Balaban J connectivity index is 1.59. The van der Waals surface area contributed by atoms with E-state index in [1.165, 1.54) is 11.1 Å². The molecule has 0 bridgehead atoms. The number of carbonyl (C=O) groups excluding carboxylic acids is 1. The number of benzene rings is 1. The summed E-state index contributed by atoms with van der Waals surface area (Å²) in [6, 6.07) is 13.8. The molecule has 2 heterocycles. The van der Waals surface area contributed by atoms with E-state index in [-0.39, 0.29) is 11.9 Å². The molecule has 0 fully saturated rings. The van der Waals surface area contributed by atoms with Crippen molar-refractivity contribution in [2.45, 2.75) is 39.2 Å². The summed E-state index contributed by atoms with van der Waals surface area (Å²) in [5.74, 6) is 0.550. The van der Waals surface area contributed by atoms with Crippen molar-refractivity contribution in [3.63, 3.8) is 0 Å². The van der Waals surface area contributed by atoms with Gasteiger partial charge < -0.3 is 9.84 Å². The van der Waals surface area contributed by atoms with Crippen LogP contribution in [0.4, 0.5) is 0 Å². The number of aromatic nitrogens is 2. The largest absolute Gasteiger partial charge is 0.361 e. The van der Waals surface area contributed by atoms with E-state index < -0.39 is 0 Å². The Labute approximate surface area is 152 Å². The lowest BCUT2D eigenvalue weighted by atomic mass is 9.87. The van der Waals surface area contributed by atoms with E-state index in [0.717, 1.165) is 30.5 Å². The summed E-state index contributed by atoms with van der Waals surface area (Å²) in [5.41, 5.74) is 5.27. The third-order valence-corrected chi connectivity index (χ3v) is 4.95. The van der Waals surface area contributed by atoms with E-state index in [4.69, 9.17) is 4.52 Å². The Hall–Kier alpha value is -2.95. The molecule has 1 amide bonds. The molecule has 4 rings (SSSR count). The van der Waals surface area contributed by atoms with Crippen LogP contribution in [0.15, 0.2) is 47.0 Å². The zero-order chi connectivity index (χ0) is 18.1. The van der Waals surface area contributed by atoms with Gasteiger partial charge in [0.25, 0.3) is 5.91 Å². The van der Waals surface area contributed by atoms with Crippen LogP contribution < -0.4 is 5.32 Å². The monoisotopic (exact) mass is 347 g/mol. The maximum atomic E-state index is 12.8. The Kier molecular flexibility index (Phi) is 4.29. The average Bonchev–Trinajstić information content (AvgIpc) is 3.00. The van der Waals surface area contributed by atoms with Gasteiger partial charge in [0.1, 0.15) is 11.5 Å². The highest BCUT2D eigenvalue weighted by Crippen LogP contribution is 2.30. The first-order chi connectivity index (χ1) is 12.6. The molecule has 0 radical (unpaired) electrons. The lowest BCUT2D eigenvalue weighted by Gasteiger charge is -2.26. The number of nitrogens with zero attached hydrogens (tertiary/aromatic N) is 2. The standard InChI is InChI=1S/C21H21N3O2/c1-13-20(14(2)26-24-13)18-11-6-12-19(22-18)21(25)23-17-10-5-8-15-7-3-4-9-16(15)17/h3-4,6-7,9,11-12,17H,5,8,10H2,1-2H3,(H,23,25). The van der Waals surface area contributed by atoms with Crippen molar-refractivity contribution >= 4 is 5.91 Å². The molecule has 2 aromatic heterocycles. The maximum Gasteiger partial charge on any atom is 0.270 e. The number of fused-ring (bicyclic) bond motifs is 1. The molecular formula is C21H21N3O2. The summed E-state index contributed by atoms with van der Waals surface area (Å²) in [6.45, 7) is 3.72. The van der Waals surface area contributed by atoms with Crippen LogP contribution in [0.1, 0.15) is 52.0 Å². The van der Waals surface area contributed by atoms with Crippen LogP contribution in [0.25, 0.3) is 11.3 Å². The summed E-state index contributed by atoms with van der Waals surface area (Å²) in [4.78, 5) is 17.3. The van der Waals surface area contributed by atoms with E-state index in [1.54, 1.807) is 6.07 Å². The van der Waals surface area contributed by atoms with E-state index >= 15 is 0 Å². The van der Waals surface area contributed by atoms with Crippen molar-refractivity contribution in [1.29, 1.82) is 0 Å². The van der Waals surface area contributed by atoms with Crippen LogP contribution in [0, 0.1) is 13.8 Å². The third kappa shape index (κ3) is 3.01. The summed E-state index contributed by atoms with van der Waals surface area (Å²) >= 11 is 0. The first-order valence-corrected chi connectivity index (χ1v) is 8.92. The highest BCUT2D eigenvalue weighted by Gasteiger charge is 2.23. The fraction of sp³-hybridized carbons (Fsp3) is 0.286. The number of nitrogens with one attached hydrogen (secondary N) is 1. The van der Waals surface area contributed by atoms with Gasteiger partial charge in [0.2, 0.25) is 0 Å². The van der Waals surface area contributed by atoms with E-state index in [1.807, 2.05) is 32.0 Å². The van der Waals surface area contributed by atoms with Crippen molar-refractivity contribution in [2.24, 2.45) is 0 Å². The number of hydrogen-bond acceptors (Lipinski definition) is 4. The minimum absolute atomic E-state index is 0.0389. The van der Waals surface area contributed by atoms with E-state index in [0.29, 0.717) is 17.1 Å². The van der Waals surface area contributed by atoms with Gasteiger partial charge in [0.15, 0.2) is 0 Å². The zero-order valence-electron chi connectivity index (χ0n) is 15.0. The smallest absolute Gasteiger partial charge is 0.270 e. The maximum absolute atomic E-state index is 12.8. The van der Waals surface area contributed by atoms with Crippen LogP contribution in [-0.2, 0) is 6.42 Å². The van der Waals surface area contributed by atoms with Crippen LogP contribution >= 0.6 is 0 Å². The molecule has 5 heteroatoms. The molecule has 0 spiro atoms. The van der Waals surface area contributed by atoms with Crippen molar-refractivity contribution in [1.82, 2.24) is 15.5 Å². The zero-order valence-corrected chi connectivity index (χ0v) is 15.0. The molecule has 1 aliphatic rings. The van der Waals surface area contributed by atoms with Crippen molar-refractivity contribution < 1.29 is 9.32 Å². The lowest BCUT2D eigenvalue weighted by Crippen LogP contribution is -2.31. The minimum atomic E-state index is -0.152. The first-order valence-electron chi connectivity index (χ1n) is 8.92. The van der Waals surface area contributed by atoms with E-state index in [2.05, 4.69) is 33.7 Å². The summed E-state index contributed by atoms with van der Waals surface area (Å²) < 4.78 is 5.22. The molecule has 0 saturated carbocycles. The Morgan fingerprint density at radius 2 is 2.00 bits per heavy atom. The minimum Gasteiger partial charge on any atom is -0.361 e. The quantitative estimate of drug-likeness (QED) is 0.772. The van der Waals surface area contributed by atoms with Gasteiger partial charge in [-0.05, 0) is 56.4 Å². The predicted octanol–water partition coefficient (Wildman–Crippen LogP) is 4.16. The van der Waals surface area contributed by atoms with Crippen LogP contribution in [0.5, 0.6) is 0 Å². The molecule has 1 N–H and O–H groups in total. The highest BCUT2D eigenvalue weighted by molar-refractivity contribution is 5.93. The SMILES string of the molecule is Cc1noc(C)c1-c1cccc(C(=O)NC2CCCc3ccccc32)n1. The first kappa shape index (κ1) is 16.5. The Morgan fingerprint density at radius 3 is 2.81 bits per heavy atom. The van der Waals surface area contributed by atoms with E-state index in [9.17, 15) is 4.79 Å². The second kappa shape index (κ2) is 6.75. The predicted molar refractivity (Wildman–Crippen MR) is 98.8 cm³/mol. The highest BCUT2D eigenvalue weighted by atomic mass is 16.5. The molecule has 0 saturated heterocycles. The summed E-state index contributed by atoms with van der Waals surface area (Å²) in [5, 5.41) is 7.12. The normalized spacial score (nSPS) is 16.2. The van der Waals surface area contributed by atoms with Gasteiger partial charge in [-0.15, -0.1) is 0 Å². The number of carbonyl (C=O) groups is 1. The van der Waals surface area contributed by atoms with Crippen molar-refractivity contribution in [2.75, 3.05) is 0 Å². The fourth-order valence-electron chi connectivity index (χ4n) is 3.69. The number of rotatable bonds is 3. The molecule has 1 atom stereocenters. The molecule has 1 unspecified atom stereocenters. The van der Waals surface area contributed by atoms with Crippen LogP contribution in [0.3, 0.4) is 0 Å². The van der Waals surface area contributed by atoms with Gasteiger partial charge in [-0.25, -0.2) is 4.98 Å². The number of pyridine rings is 1. The van der Waals surface area contributed by atoms with Crippen molar-refractivity contribution in [3.8, 4) is 11.3 Å². The Morgan fingerprint density at radius 1 is 1.15 bits per heavy atom. The second-order valence-corrected chi connectivity index (χ2v) is 6.72. The Bertz CT molecular complexity index is 942. The third-order valence-electron chi connectivity index (χ3n) is 4.95. The van der Waals surface area contributed by atoms with Crippen LogP contribution in [-0.4, -0.2) is 16.0 Å². The summed E-state index contributed by atoms with van der Waals surface area (Å²) in [6.07, 6.45) is 3.10. The van der Waals surface area contributed by atoms with Crippen LogP contribution in [0.2, 0.25) is 0 Å². The summed E-state index contributed by atoms with van der Waals surface area (Å²) in [7, 11) is 0. The molecule has 132 valence electrons. The molecule has 26 heavy (non-hydrogen) atoms. The molecular weight excluding hydrogens is 326 g/mol. The van der Waals surface area contributed by atoms with Gasteiger partial charge in [-0.1, -0.05) is 35.5 Å².